The second kappa shape index (κ2) is 4.50. The molecule has 0 aromatic heterocycles. The molecule has 1 aliphatic heterocycles. The summed E-state index contributed by atoms with van der Waals surface area (Å²) in [6.45, 7) is 0. The lowest BCUT2D eigenvalue weighted by Gasteiger charge is -2.31. The Kier molecular flexibility index (Phi) is 2.98. The minimum atomic E-state index is -0.123. The van der Waals surface area contributed by atoms with Gasteiger partial charge in [-0.25, -0.2) is 0 Å². The van der Waals surface area contributed by atoms with Crippen LogP contribution >= 0.6 is 15.9 Å². The Labute approximate surface area is 114 Å². The Morgan fingerprint density at radius 1 is 1.06 bits per heavy atom. The Hall–Kier alpha value is -1.16. The van der Waals surface area contributed by atoms with Crippen molar-refractivity contribution in [1.29, 1.82) is 0 Å². The van der Waals surface area contributed by atoms with E-state index in [0.717, 1.165) is 25.7 Å². The van der Waals surface area contributed by atoms with Crippen molar-refractivity contribution in [3.05, 3.63) is 35.4 Å². The molecule has 1 aliphatic carbocycles. The van der Waals surface area contributed by atoms with Crippen LogP contribution in [0, 0.1) is 0 Å². The number of hydrogen-bond donors (Lipinski definition) is 0. The molecule has 0 spiro atoms. The first kappa shape index (κ1) is 11.9. The van der Waals surface area contributed by atoms with E-state index in [9.17, 15) is 9.59 Å². The number of alkyl halides is 1. The number of amides is 2. The van der Waals surface area contributed by atoms with Gasteiger partial charge in [0.1, 0.15) is 0 Å². The van der Waals surface area contributed by atoms with E-state index in [4.69, 9.17) is 0 Å². The lowest BCUT2D eigenvalue weighted by atomic mass is 9.94. The first-order valence-electron chi connectivity index (χ1n) is 6.29. The van der Waals surface area contributed by atoms with Crippen LogP contribution in [0.3, 0.4) is 0 Å². The maximum atomic E-state index is 12.3. The normalized spacial score (nSPS) is 27.5. The number of carbonyl (C=O) groups excluding carboxylic acids is 2. The molecule has 0 saturated heterocycles. The molecule has 1 heterocycles. The molecule has 0 bridgehead atoms. The molecule has 2 amide bonds. The molecule has 0 unspecified atom stereocenters. The predicted molar refractivity (Wildman–Crippen MR) is 71.9 cm³/mol. The summed E-state index contributed by atoms with van der Waals surface area (Å²) >= 11 is 3.60. The largest absolute Gasteiger partial charge is 0.271 e. The van der Waals surface area contributed by atoms with Gasteiger partial charge in [-0.15, -0.1) is 0 Å². The molecule has 1 aromatic carbocycles. The van der Waals surface area contributed by atoms with E-state index in [1.165, 1.54) is 4.90 Å². The molecule has 2 atom stereocenters. The second-order valence-electron chi connectivity index (χ2n) is 4.94. The number of halogens is 1. The van der Waals surface area contributed by atoms with Gasteiger partial charge < -0.3 is 0 Å². The fourth-order valence-corrected chi connectivity index (χ4v) is 3.64. The highest BCUT2D eigenvalue weighted by molar-refractivity contribution is 9.09. The molecule has 0 N–H and O–H groups in total. The zero-order chi connectivity index (χ0) is 12.7. The summed E-state index contributed by atoms with van der Waals surface area (Å²) in [5, 5.41) is 0. The minimum Gasteiger partial charge on any atom is -0.271 e. The number of carbonyl (C=O) groups is 2. The molecule has 3 nitrogen and oxygen atoms in total. The van der Waals surface area contributed by atoms with Crippen LogP contribution in [0.5, 0.6) is 0 Å². The van der Waals surface area contributed by atoms with Gasteiger partial charge in [0.2, 0.25) is 0 Å². The predicted octanol–water partition coefficient (Wildman–Crippen LogP) is 2.99. The van der Waals surface area contributed by atoms with Crippen LogP contribution in [0.25, 0.3) is 0 Å². The highest BCUT2D eigenvalue weighted by atomic mass is 79.9. The van der Waals surface area contributed by atoms with E-state index in [-0.39, 0.29) is 17.9 Å². The zero-order valence-corrected chi connectivity index (χ0v) is 11.5. The van der Waals surface area contributed by atoms with Gasteiger partial charge in [-0.2, -0.15) is 0 Å². The fourth-order valence-electron chi connectivity index (χ4n) is 2.88. The molecule has 1 saturated carbocycles. The maximum Gasteiger partial charge on any atom is 0.261 e. The molecular weight excluding hydrogens is 294 g/mol. The lowest BCUT2D eigenvalue weighted by molar-refractivity contribution is 0.0552. The van der Waals surface area contributed by atoms with Crippen molar-refractivity contribution < 1.29 is 9.59 Å². The quantitative estimate of drug-likeness (QED) is 0.591. The average molecular weight is 308 g/mol. The third-order valence-electron chi connectivity index (χ3n) is 3.77. The summed E-state index contributed by atoms with van der Waals surface area (Å²) in [7, 11) is 0. The maximum absolute atomic E-state index is 12.3. The number of benzene rings is 1. The molecule has 1 aromatic rings. The lowest BCUT2D eigenvalue weighted by Crippen LogP contribution is -2.42. The standard InChI is InChI=1S/C14H14BrNO2/c15-9-4-3-5-10(8-9)16-13(17)11-6-1-2-7-12(11)14(16)18/h1-2,6-7,9-10H,3-5,8H2/t9-,10-/m1/s1. The van der Waals surface area contributed by atoms with Gasteiger partial charge >= 0.3 is 0 Å². The van der Waals surface area contributed by atoms with Crippen molar-refractivity contribution in [3.8, 4) is 0 Å². The van der Waals surface area contributed by atoms with Crippen LogP contribution in [0.1, 0.15) is 46.4 Å². The van der Waals surface area contributed by atoms with Crippen molar-refractivity contribution in [2.24, 2.45) is 0 Å². The Morgan fingerprint density at radius 2 is 1.67 bits per heavy atom. The third kappa shape index (κ3) is 1.79. The van der Waals surface area contributed by atoms with E-state index < -0.39 is 0 Å². The Balaban J connectivity index is 1.92. The number of fused-ring (bicyclic) bond motifs is 1. The van der Waals surface area contributed by atoms with Crippen molar-refractivity contribution >= 4 is 27.7 Å². The number of imide groups is 1. The molecule has 2 aliphatic rings. The summed E-state index contributed by atoms with van der Waals surface area (Å²) in [6.07, 6.45) is 3.98. The topological polar surface area (TPSA) is 37.4 Å². The van der Waals surface area contributed by atoms with Crippen molar-refractivity contribution in [1.82, 2.24) is 4.90 Å². The highest BCUT2D eigenvalue weighted by Crippen LogP contribution is 2.33. The van der Waals surface area contributed by atoms with Crippen LogP contribution in [0.4, 0.5) is 0 Å². The Morgan fingerprint density at radius 3 is 2.22 bits per heavy atom. The summed E-state index contributed by atoms with van der Waals surface area (Å²) in [5.41, 5.74) is 1.11. The SMILES string of the molecule is O=C1c2ccccc2C(=O)N1[C@@H]1CCC[C@@H](Br)C1. The minimum absolute atomic E-state index is 0.0514. The van der Waals surface area contributed by atoms with E-state index in [0.29, 0.717) is 16.0 Å². The molecule has 18 heavy (non-hydrogen) atoms. The van der Waals surface area contributed by atoms with Crippen LogP contribution in [0.2, 0.25) is 0 Å². The molecule has 3 rings (SSSR count). The fraction of sp³-hybridized carbons (Fsp3) is 0.429. The van der Waals surface area contributed by atoms with Gasteiger partial charge in [0.25, 0.3) is 11.8 Å². The Bertz CT molecular complexity index is 479. The number of rotatable bonds is 1. The first-order valence-corrected chi connectivity index (χ1v) is 7.21. The summed E-state index contributed by atoms with van der Waals surface area (Å²) in [4.78, 5) is 26.5. The zero-order valence-electron chi connectivity index (χ0n) is 9.93. The molecule has 0 radical (unpaired) electrons. The van der Waals surface area contributed by atoms with Gasteiger partial charge in [-0.3, -0.25) is 14.5 Å². The first-order chi connectivity index (χ1) is 8.68. The van der Waals surface area contributed by atoms with Crippen LogP contribution in [-0.4, -0.2) is 27.6 Å². The summed E-state index contributed by atoms with van der Waals surface area (Å²) in [6, 6.07) is 7.15. The molecular formula is C14H14BrNO2. The van der Waals surface area contributed by atoms with Gasteiger partial charge in [0, 0.05) is 10.9 Å². The van der Waals surface area contributed by atoms with E-state index in [2.05, 4.69) is 15.9 Å². The third-order valence-corrected chi connectivity index (χ3v) is 4.60. The van der Waals surface area contributed by atoms with Gasteiger partial charge in [0.05, 0.1) is 11.1 Å². The van der Waals surface area contributed by atoms with Gasteiger partial charge in [0.15, 0.2) is 0 Å². The van der Waals surface area contributed by atoms with Crippen molar-refractivity contribution in [3.63, 3.8) is 0 Å². The van der Waals surface area contributed by atoms with E-state index in [1.54, 1.807) is 12.1 Å². The number of hydrogen-bond acceptors (Lipinski definition) is 2. The summed E-state index contributed by atoms with van der Waals surface area (Å²) < 4.78 is 0. The van der Waals surface area contributed by atoms with Crippen LogP contribution < -0.4 is 0 Å². The average Bonchev–Trinajstić information content (AvgIpc) is 2.63. The highest BCUT2D eigenvalue weighted by Gasteiger charge is 2.40. The molecule has 94 valence electrons. The number of nitrogens with zero attached hydrogens (tertiary/aromatic N) is 1. The summed E-state index contributed by atoms with van der Waals surface area (Å²) in [5.74, 6) is -0.246. The van der Waals surface area contributed by atoms with Crippen molar-refractivity contribution in [2.75, 3.05) is 0 Å². The van der Waals surface area contributed by atoms with E-state index >= 15 is 0 Å². The monoisotopic (exact) mass is 307 g/mol. The van der Waals surface area contributed by atoms with E-state index in [1.807, 2.05) is 12.1 Å². The van der Waals surface area contributed by atoms with Crippen LogP contribution in [-0.2, 0) is 0 Å². The van der Waals surface area contributed by atoms with Crippen molar-refractivity contribution in [2.45, 2.75) is 36.6 Å². The molecule has 1 fully saturated rings. The smallest absolute Gasteiger partial charge is 0.261 e. The van der Waals surface area contributed by atoms with Gasteiger partial charge in [-0.05, 0) is 31.4 Å². The molecule has 4 heteroatoms. The van der Waals surface area contributed by atoms with Gasteiger partial charge in [-0.1, -0.05) is 34.5 Å². The second-order valence-corrected chi connectivity index (χ2v) is 6.24. The van der Waals surface area contributed by atoms with Crippen LogP contribution in [0.15, 0.2) is 24.3 Å².